The summed E-state index contributed by atoms with van der Waals surface area (Å²) in [6.07, 6.45) is -3.15. The van der Waals surface area contributed by atoms with Crippen LogP contribution in [0.5, 0.6) is 5.75 Å². The fourth-order valence-corrected chi connectivity index (χ4v) is 3.02. The summed E-state index contributed by atoms with van der Waals surface area (Å²) in [6.45, 7) is 3.41. The second-order valence-electron chi connectivity index (χ2n) is 6.34. The van der Waals surface area contributed by atoms with Gasteiger partial charge in [-0.25, -0.2) is 4.79 Å². The molecule has 8 heteroatoms. The summed E-state index contributed by atoms with van der Waals surface area (Å²) in [5.41, 5.74) is 0.958. The monoisotopic (exact) mass is 344 g/mol. The first-order valence-electron chi connectivity index (χ1n) is 7.82. The summed E-state index contributed by atoms with van der Waals surface area (Å²) >= 11 is 0. The van der Waals surface area contributed by atoms with E-state index >= 15 is 0 Å². The van der Waals surface area contributed by atoms with E-state index in [0.29, 0.717) is 24.1 Å². The highest BCUT2D eigenvalue weighted by atomic mass is 19.4. The predicted octanol–water partition coefficient (Wildman–Crippen LogP) is 2.91. The van der Waals surface area contributed by atoms with Gasteiger partial charge in [0.15, 0.2) is 0 Å². The second-order valence-corrected chi connectivity index (χ2v) is 6.34. The summed E-state index contributed by atoms with van der Waals surface area (Å²) in [5.74, 6) is -0.298. The number of amides is 1. The third-order valence-electron chi connectivity index (χ3n) is 4.60. The topological polar surface area (TPSA) is 50.8 Å². The lowest BCUT2D eigenvalue weighted by Gasteiger charge is -2.48. The molecule has 0 saturated carbocycles. The van der Waals surface area contributed by atoms with Gasteiger partial charge in [0.05, 0.1) is 0 Å². The zero-order valence-corrected chi connectivity index (χ0v) is 13.1. The van der Waals surface area contributed by atoms with Crippen LogP contribution < -0.4 is 10.1 Å². The number of carbonyl (C=O) groups is 1. The van der Waals surface area contributed by atoms with Gasteiger partial charge in [-0.2, -0.15) is 0 Å². The molecule has 24 heavy (non-hydrogen) atoms. The van der Waals surface area contributed by atoms with Gasteiger partial charge >= 0.3 is 12.5 Å². The third-order valence-corrected chi connectivity index (χ3v) is 4.60. The number of rotatable bonds is 3. The molecule has 1 aromatic carbocycles. The molecule has 5 nitrogen and oxygen atoms in total. The summed E-state index contributed by atoms with van der Waals surface area (Å²) in [4.78, 5) is 13.7. The van der Waals surface area contributed by atoms with E-state index < -0.39 is 6.36 Å². The molecule has 0 radical (unpaired) electrons. The number of nitrogens with zero attached hydrogens (tertiary/aromatic N) is 1. The van der Waals surface area contributed by atoms with E-state index in [4.69, 9.17) is 4.74 Å². The molecule has 0 unspecified atom stereocenters. The minimum Gasteiger partial charge on any atom is -0.445 e. The fraction of sp³-hybridized carbons (Fsp3) is 0.562. The number of hydrogen-bond acceptors (Lipinski definition) is 4. The number of nitrogens with one attached hydrogen (secondary N) is 1. The molecule has 132 valence electrons. The van der Waals surface area contributed by atoms with Crippen LogP contribution in [0.15, 0.2) is 24.3 Å². The highest BCUT2D eigenvalue weighted by Crippen LogP contribution is 2.35. The largest absolute Gasteiger partial charge is 0.573 e. The first-order chi connectivity index (χ1) is 11.4. The fourth-order valence-electron chi connectivity index (χ4n) is 3.02. The van der Waals surface area contributed by atoms with Crippen LogP contribution in [-0.4, -0.2) is 43.5 Å². The number of carbonyl (C=O) groups excluding carboxylic acids is 1. The molecule has 1 spiro atoms. The number of piperidine rings is 1. The van der Waals surface area contributed by atoms with Gasteiger partial charge in [0.2, 0.25) is 0 Å². The van der Waals surface area contributed by atoms with E-state index in [1.54, 1.807) is 4.90 Å². The molecule has 2 fully saturated rings. The van der Waals surface area contributed by atoms with Gasteiger partial charge in [0, 0.05) is 26.2 Å². The normalized spacial score (nSPS) is 19.7. The van der Waals surface area contributed by atoms with Crippen molar-refractivity contribution in [3.63, 3.8) is 0 Å². The molecule has 2 saturated heterocycles. The Hall–Kier alpha value is -1.96. The summed E-state index contributed by atoms with van der Waals surface area (Å²) in [6, 6.07) is 5.29. The van der Waals surface area contributed by atoms with Crippen LogP contribution in [0, 0.1) is 5.41 Å². The van der Waals surface area contributed by atoms with Crippen LogP contribution in [0.3, 0.4) is 0 Å². The van der Waals surface area contributed by atoms with Crippen molar-refractivity contribution in [1.29, 1.82) is 0 Å². The highest BCUT2D eigenvalue weighted by molar-refractivity contribution is 5.67. The maximum Gasteiger partial charge on any atom is 0.573 e. The van der Waals surface area contributed by atoms with Gasteiger partial charge in [-0.3, -0.25) is 0 Å². The molecule has 0 aliphatic carbocycles. The van der Waals surface area contributed by atoms with Gasteiger partial charge < -0.3 is 19.7 Å². The van der Waals surface area contributed by atoms with Crippen molar-refractivity contribution in [3.8, 4) is 5.75 Å². The quantitative estimate of drug-likeness (QED) is 0.916. The van der Waals surface area contributed by atoms with E-state index in [9.17, 15) is 18.0 Å². The Morgan fingerprint density at radius 2 is 1.79 bits per heavy atom. The van der Waals surface area contributed by atoms with Crippen molar-refractivity contribution in [1.82, 2.24) is 10.2 Å². The molecule has 2 heterocycles. The zero-order valence-electron chi connectivity index (χ0n) is 13.1. The smallest absolute Gasteiger partial charge is 0.445 e. The Morgan fingerprint density at radius 1 is 1.17 bits per heavy atom. The lowest BCUT2D eigenvalue weighted by molar-refractivity contribution is -0.274. The number of benzene rings is 1. The maximum atomic E-state index is 12.1. The van der Waals surface area contributed by atoms with Gasteiger partial charge in [0.25, 0.3) is 0 Å². The number of hydrogen-bond donors (Lipinski definition) is 1. The Kier molecular flexibility index (Phi) is 4.58. The van der Waals surface area contributed by atoms with Crippen molar-refractivity contribution in [2.75, 3.05) is 26.2 Å². The summed E-state index contributed by atoms with van der Waals surface area (Å²) in [7, 11) is 0. The molecule has 0 atom stereocenters. The number of halogens is 3. The molecule has 1 aromatic rings. The van der Waals surface area contributed by atoms with Crippen LogP contribution in [0.25, 0.3) is 0 Å². The molecule has 0 bridgehead atoms. The van der Waals surface area contributed by atoms with Gasteiger partial charge in [-0.1, -0.05) is 12.1 Å². The van der Waals surface area contributed by atoms with Gasteiger partial charge in [-0.15, -0.1) is 13.2 Å². The third kappa shape index (κ3) is 4.11. The lowest BCUT2D eigenvalue weighted by Crippen LogP contribution is -2.58. The Bertz CT molecular complexity index is 575. The lowest BCUT2D eigenvalue weighted by atomic mass is 9.73. The summed E-state index contributed by atoms with van der Waals surface area (Å²) < 4.78 is 45.3. The van der Waals surface area contributed by atoms with Crippen LogP contribution >= 0.6 is 0 Å². The van der Waals surface area contributed by atoms with E-state index in [-0.39, 0.29) is 18.4 Å². The number of ether oxygens (including phenoxy) is 2. The van der Waals surface area contributed by atoms with E-state index in [1.165, 1.54) is 24.3 Å². The molecular formula is C16H19F3N2O3. The molecule has 1 N–H and O–H groups in total. The van der Waals surface area contributed by atoms with Crippen molar-refractivity contribution in [3.05, 3.63) is 29.8 Å². The van der Waals surface area contributed by atoms with Gasteiger partial charge in [0.1, 0.15) is 12.4 Å². The SMILES string of the molecule is O=C(OCc1ccc(OC(F)(F)F)cc1)N1CCC2(CC1)CNC2. The van der Waals surface area contributed by atoms with Crippen molar-refractivity contribution < 1.29 is 27.4 Å². The molecule has 3 rings (SSSR count). The number of alkyl halides is 3. The van der Waals surface area contributed by atoms with E-state index in [1.807, 2.05) is 0 Å². The van der Waals surface area contributed by atoms with Crippen LogP contribution in [0.2, 0.25) is 0 Å². The molecular weight excluding hydrogens is 325 g/mol. The van der Waals surface area contributed by atoms with Crippen LogP contribution in [-0.2, 0) is 11.3 Å². The zero-order chi connectivity index (χ0) is 17.2. The first-order valence-corrected chi connectivity index (χ1v) is 7.82. The Balaban J connectivity index is 1.44. The van der Waals surface area contributed by atoms with E-state index in [0.717, 1.165) is 25.9 Å². The van der Waals surface area contributed by atoms with E-state index in [2.05, 4.69) is 10.1 Å². The average molecular weight is 344 g/mol. The minimum absolute atomic E-state index is 0.0222. The summed E-state index contributed by atoms with van der Waals surface area (Å²) in [5, 5.41) is 3.27. The first kappa shape index (κ1) is 16.9. The standard InChI is InChI=1S/C16H19F3N2O3/c17-16(18,19)24-13-3-1-12(2-4-13)9-23-14(22)21-7-5-15(6-8-21)10-20-11-15/h1-4,20H,5-11H2. The minimum atomic E-state index is -4.71. The van der Waals surface area contributed by atoms with Crippen LogP contribution in [0.1, 0.15) is 18.4 Å². The highest BCUT2D eigenvalue weighted by Gasteiger charge is 2.40. The van der Waals surface area contributed by atoms with Crippen molar-refractivity contribution in [2.45, 2.75) is 25.8 Å². The molecule has 0 aromatic heterocycles. The second kappa shape index (κ2) is 6.51. The van der Waals surface area contributed by atoms with Crippen molar-refractivity contribution in [2.24, 2.45) is 5.41 Å². The van der Waals surface area contributed by atoms with Crippen LogP contribution in [0.4, 0.5) is 18.0 Å². The Morgan fingerprint density at radius 3 is 2.29 bits per heavy atom. The average Bonchev–Trinajstić information content (AvgIpc) is 2.51. The van der Waals surface area contributed by atoms with Crippen molar-refractivity contribution >= 4 is 6.09 Å². The molecule has 1 amide bonds. The molecule has 2 aliphatic rings. The predicted molar refractivity (Wildman–Crippen MR) is 79.4 cm³/mol. The molecule has 2 aliphatic heterocycles. The Labute approximate surface area is 137 Å². The maximum absolute atomic E-state index is 12.1. The number of likely N-dealkylation sites (tertiary alicyclic amines) is 1. The van der Waals surface area contributed by atoms with Gasteiger partial charge in [-0.05, 0) is 36.0 Å².